The van der Waals surface area contributed by atoms with Crippen LogP contribution in [0.25, 0.3) is 6.08 Å². The number of benzene rings is 2. The lowest BCUT2D eigenvalue weighted by atomic mass is 10.2. The fourth-order valence-electron chi connectivity index (χ4n) is 2.91. The SMILES string of the molecule is COc1cc(/C=N\N=C2\S/C(=C\c3ccc(F)cc3)C(=O)N2Cc2ccco2)ccc1O. The Morgan fingerprint density at radius 1 is 1.19 bits per heavy atom. The number of hydrogen-bond donors (Lipinski definition) is 1. The van der Waals surface area contributed by atoms with Gasteiger partial charge in [0, 0.05) is 0 Å². The lowest BCUT2D eigenvalue weighted by Gasteiger charge is -2.12. The zero-order chi connectivity index (χ0) is 22.5. The molecule has 2 heterocycles. The number of hydrogen-bond acceptors (Lipinski definition) is 7. The average molecular weight is 451 g/mol. The number of phenolic OH excluding ortho intramolecular Hbond substituents is 1. The van der Waals surface area contributed by atoms with E-state index < -0.39 is 0 Å². The Morgan fingerprint density at radius 3 is 2.69 bits per heavy atom. The smallest absolute Gasteiger partial charge is 0.267 e. The molecule has 7 nitrogen and oxygen atoms in total. The Hall–Kier alpha value is -3.85. The van der Waals surface area contributed by atoms with Gasteiger partial charge in [-0.25, -0.2) is 4.39 Å². The average Bonchev–Trinajstić information content (AvgIpc) is 3.41. The second kappa shape index (κ2) is 9.52. The summed E-state index contributed by atoms with van der Waals surface area (Å²) in [7, 11) is 1.46. The number of amidine groups is 1. The van der Waals surface area contributed by atoms with Gasteiger partial charge in [-0.1, -0.05) is 12.1 Å². The van der Waals surface area contributed by atoms with Crippen LogP contribution >= 0.6 is 11.8 Å². The third-order valence-corrected chi connectivity index (χ3v) is 5.50. The Bertz CT molecular complexity index is 1200. The van der Waals surface area contributed by atoms with Crippen molar-refractivity contribution in [2.24, 2.45) is 10.2 Å². The molecular formula is C23H18FN3O4S. The number of furan rings is 1. The van der Waals surface area contributed by atoms with Crippen LogP contribution in [0.5, 0.6) is 11.5 Å². The molecule has 162 valence electrons. The van der Waals surface area contributed by atoms with Crippen LogP contribution in [0.15, 0.2) is 80.4 Å². The molecule has 9 heteroatoms. The maximum absolute atomic E-state index is 13.2. The number of thioether (sulfide) groups is 1. The van der Waals surface area contributed by atoms with Crippen LogP contribution in [0.1, 0.15) is 16.9 Å². The van der Waals surface area contributed by atoms with E-state index in [1.807, 2.05) is 0 Å². The Kier molecular flexibility index (Phi) is 6.37. The van der Waals surface area contributed by atoms with Crippen molar-refractivity contribution in [3.8, 4) is 11.5 Å². The van der Waals surface area contributed by atoms with Crippen molar-refractivity contribution in [2.45, 2.75) is 6.54 Å². The van der Waals surface area contributed by atoms with Crippen molar-refractivity contribution >= 4 is 35.1 Å². The second-order valence-corrected chi connectivity index (χ2v) is 7.70. The van der Waals surface area contributed by atoms with Gasteiger partial charge >= 0.3 is 0 Å². The molecule has 1 aliphatic rings. The van der Waals surface area contributed by atoms with Gasteiger partial charge in [-0.05, 0) is 71.4 Å². The number of phenols is 1. The summed E-state index contributed by atoms with van der Waals surface area (Å²) in [6, 6.07) is 14.1. The van der Waals surface area contributed by atoms with Crippen LogP contribution in [-0.2, 0) is 11.3 Å². The number of carbonyl (C=O) groups is 1. The molecule has 0 spiro atoms. The summed E-state index contributed by atoms with van der Waals surface area (Å²) in [6.45, 7) is 0.195. The molecule has 4 rings (SSSR count). The number of nitrogens with zero attached hydrogens (tertiary/aromatic N) is 3. The summed E-state index contributed by atoms with van der Waals surface area (Å²) < 4.78 is 23.7. The van der Waals surface area contributed by atoms with Crippen LogP contribution in [0.3, 0.4) is 0 Å². The molecule has 0 atom stereocenters. The Labute approximate surface area is 187 Å². The van der Waals surface area contributed by atoms with Crippen molar-refractivity contribution in [3.63, 3.8) is 0 Å². The minimum absolute atomic E-state index is 0.0214. The molecule has 1 fully saturated rings. The molecule has 1 aromatic heterocycles. The fraction of sp³-hybridized carbons (Fsp3) is 0.0870. The largest absolute Gasteiger partial charge is 0.504 e. The topological polar surface area (TPSA) is 87.6 Å². The van der Waals surface area contributed by atoms with Crippen molar-refractivity contribution < 1.29 is 23.4 Å². The highest BCUT2D eigenvalue weighted by Gasteiger charge is 2.34. The van der Waals surface area contributed by atoms with E-state index in [4.69, 9.17) is 9.15 Å². The number of methoxy groups -OCH3 is 1. The number of ether oxygens (including phenoxy) is 1. The predicted octanol–water partition coefficient (Wildman–Crippen LogP) is 4.64. The molecule has 3 aromatic rings. The van der Waals surface area contributed by atoms with Crippen LogP contribution in [-0.4, -0.2) is 34.4 Å². The first-order valence-corrected chi connectivity index (χ1v) is 10.3. The zero-order valence-electron chi connectivity index (χ0n) is 16.9. The quantitative estimate of drug-likeness (QED) is 0.335. The molecule has 1 N–H and O–H groups in total. The van der Waals surface area contributed by atoms with Crippen molar-refractivity contribution in [1.82, 2.24) is 4.90 Å². The van der Waals surface area contributed by atoms with E-state index in [-0.39, 0.29) is 24.0 Å². The first-order valence-electron chi connectivity index (χ1n) is 9.51. The normalized spacial score (nSPS) is 16.6. The molecule has 1 saturated heterocycles. The number of carbonyl (C=O) groups excluding carboxylic acids is 1. The maximum atomic E-state index is 13.2. The first-order chi connectivity index (χ1) is 15.5. The van der Waals surface area contributed by atoms with Gasteiger partial charge in [0.15, 0.2) is 16.7 Å². The van der Waals surface area contributed by atoms with E-state index in [0.29, 0.717) is 32.7 Å². The van der Waals surface area contributed by atoms with Gasteiger partial charge in [-0.15, -0.1) is 5.10 Å². The van der Waals surface area contributed by atoms with E-state index in [0.717, 1.165) is 0 Å². The van der Waals surface area contributed by atoms with Crippen molar-refractivity contribution in [2.75, 3.05) is 7.11 Å². The van der Waals surface area contributed by atoms with E-state index in [2.05, 4.69) is 10.2 Å². The van der Waals surface area contributed by atoms with Crippen molar-refractivity contribution in [3.05, 3.63) is 88.5 Å². The number of halogens is 1. The summed E-state index contributed by atoms with van der Waals surface area (Å²) in [4.78, 5) is 14.9. The highest BCUT2D eigenvalue weighted by Crippen LogP contribution is 2.34. The van der Waals surface area contributed by atoms with Gasteiger partial charge in [-0.3, -0.25) is 9.69 Å². The highest BCUT2D eigenvalue weighted by molar-refractivity contribution is 8.18. The first kappa shape index (κ1) is 21.4. The van der Waals surface area contributed by atoms with E-state index in [9.17, 15) is 14.3 Å². The van der Waals surface area contributed by atoms with E-state index in [1.54, 1.807) is 42.5 Å². The van der Waals surface area contributed by atoms with Gasteiger partial charge < -0.3 is 14.3 Å². The molecular weight excluding hydrogens is 433 g/mol. The summed E-state index contributed by atoms with van der Waals surface area (Å²) >= 11 is 1.17. The molecule has 32 heavy (non-hydrogen) atoms. The molecule has 1 amide bonds. The Balaban J connectivity index is 1.61. The maximum Gasteiger partial charge on any atom is 0.267 e. The highest BCUT2D eigenvalue weighted by atomic mass is 32.2. The molecule has 0 bridgehead atoms. The van der Waals surface area contributed by atoms with Gasteiger partial charge in [-0.2, -0.15) is 5.10 Å². The minimum Gasteiger partial charge on any atom is -0.504 e. The monoisotopic (exact) mass is 451 g/mol. The van der Waals surface area contributed by atoms with Gasteiger partial charge in [0.05, 0.1) is 31.0 Å². The van der Waals surface area contributed by atoms with Gasteiger partial charge in [0.1, 0.15) is 11.6 Å². The minimum atomic E-state index is -0.348. The lowest BCUT2D eigenvalue weighted by molar-refractivity contribution is -0.122. The summed E-state index contributed by atoms with van der Waals surface area (Å²) in [5.41, 5.74) is 1.36. The molecule has 1 aliphatic heterocycles. The molecule has 0 saturated carbocycles. The summed E-state index contributed by atoms with van der Waals surface area (Å²) in [5, 5.41) is 18.4. The number of aromatic hydroxyl groups is 1. The summed E-state index contributed by atoms with van der Waals surface area (Å²) in [5.74, 6) is 0.335. The number of amides is 1. The third-order valence-electron chi connectivity index (χ3n) is 4.50. The molecule has 0 aliphatic carbocycles. The van der Waals surface area contributed by atoms with Gasteiger partial charge in [0.2, 0.25) is 0 Å². The fourth-order valence-corrected chi connectivity index (χ4v) is 3.85. The van der Waals surface area contributed by atoms with Crippen LogP contribution < -0.4 is 4.74 Å². The lowest BCUT2D eigenvalue weighted by Crippen LogP contribution is -2.28. The summed E-state index contributed by atoms with van der Waals surface area (Å²) in [6.07, 6.45) is 4.71. The van der Waals surface area contributed by atoms with Crippen LogP contribution in [0.2, 0.25) is 0 Å². The van der Waals surface area contributed by atoms with E-state index >= 15 is 0 Å². The second-order valence-electron chi connectivity index (χ2n) is 6.69. The third kappa shape index (κ3) is 4.89. The number of rotatable bonds is 6. The standard InChI is InChI=1S/C23H18FN3O4S/c1-30-20-11-16(6-9-19(20)28)13-25-26-23-27(14-18-3-2-10-31-18)22(29)21(32-23)12-15-4-7-17(24)8-5-15/h2-13,28H,14H2,1H3/b21-12-,25-13-,26-23+. The van der Waals surface area contributed by atoms with Crippen LogP contribution in [0.4, 0.5) is 4.39 Å². The van der Waals surface area contributed by atoms with Gasteiger partial charge in [0.25, 0.3) is 5.91 Å². The van der Waals surface area contributed by atoms with E-state index in [1.165, 1.54) is 54.4 Å². The van der Waals surface area contributed by atoms with Crippen LogP contribution in [0, 0.1) is 5.82 Å². The molecule has 0 unspecified atom stereocenters. The zero-order valence-corrected chi connectivity index (χ0v) is 17.8. The molecule has 2 aromatic carbocycles. The predicted molar refractivity (Wildman–Crippen MR) is 121 cm³/mol. The Morgan fingerprint density at radius 2 is 1.97 bits per heavy atom. The van der Waals surface area contributed by atoms with Crippen molar-refractivity contribution in [1.29, 1.82) is 0 Å². The molecule has 0 radical (unpaired) electrons.